The Labute approximate surface area is 163 Å². The second-order valence-corrected chi connectivity index (χ2v) is 6.45. The maximum absolute atomic E-state index is 13.9. The molecule has 0 saturated carbocycles. The Bertz CT molecular complexity index is 1020. The normalized spacial score (nSPS) is 11.4. The van der Waals surface area contributed by atoms with E-state index in [1.807, 2.05) is 24.3 Å². The molecule has 0 aliphatic carbocycles. The van der Waals surface area contributed by atoms with E-state index in [0.29, 0.717) is 11.3 Å². The Kier molecular flexibility index (Phi) is 5.71. The van der Waals surface area contributed by atoms with Crippen LogP contribution in [0.15, 0.2) is 66.7 Å². The quantitative estimate of drug-likeness (QED) is 0.677. The van der Waals surface area contributed by atoms with Crippen molar-refractivity contribution in [2.75, 3.05) is 5.32 Å². The van der Waals surface area contributed by atoms with Gasteiger partial charge in [-0.1, -0.05) is 30.3 Å². The molecule has 0 saturated heterocycles. The largest absolute Gasteiger partial charge is 0.481 e. The van der Waals surface area contributed by atoms with E-state index in [1.165, 1.54) is 12.1 Å². The van der Waals surface area contributed by atoms with E-state index in [0.717, 1.165) is 16.7 Å². The number of carbonyl (C=O) groups excluding carboxylic acids is 1. The Morgan fingerprint density at radius 1 is 1.04 bits per heavy atom. The molecular weight excluding hydrogens is 355 g/mol. The molecule has 0 fully saturated rings. The van der Waals surface area contributed by atoms with Crippen molar-refractivity contribution in [1.29, 1.82) is 5.26 Å². The van der Waals surface area contributed by atoms with Crippen molar-refractivity contribution in [1.82, 2.24) is 0 Å². The molecule has 0 spiro atoms. The van der Waals surface area contributed by atoms with Gasteiger partial charge in [0, 0.05) is 0 Å². The third-order valence-electron chi connectivity index (χ3n) is 4.27. The van der Waals surface area contributed by atoms with E-state index >= 15 is 0 Å². The number of nitriles is 1. The van der Waals surface area contributed by atoms with Gasteiger partial charge in [0.05, 0.1) is 17.3 Å². The Morgan fingerprint density at radius 3 is 2.21 bits per heavy atom. The molecule has 0 aliphatic heterocycles. The van der Waals surface area contributed by atoms with Crippen LogP contribution in [0.25, 0.3) is 11.1 Å². The lowest BCUT2D eigenvalue weighted by atomic mass is 10.0. The van der Waals surface area contributed by atoms with Gasteiger partial charge in [-0.25, -0.2) is 4.39 Å². The first-order chi connectivity index (χ1) is 13.5. The Morgan fingerprint density at radius 2 is 1.64 bits per heavy atom. The van der Waals surface area contributed by atoms with Crippen molar-refractivity contribution in [2.45, 2.75) is 20.0 Å². The fraction of sp³-hybridized carbons (Fsp3) is 0.130. The third-order valence-corrected chi connectivity index (χ3v) is 4.27. The van der Waals surface area contributed by atoms with Crippen molar-refractivity contribution in [3.63, 3.8) is 0 Å². The van der Waals surface area contributed by atoms with Gasteiger partial charge in [0.2, 0.25) is 0 Å². The summed E-state index contributed by atoms with van der Waals surface area (Å²) in [5.41, 5.74) is 3.46. The highest BCUT2D eigenvalue weighted by Gasteiger charge is 2.16. The number of amides is 1. The molecule has 3 aromatic carbocycles. The van der Waals surface area contributed by atoms with Gasteiger partial charge in [0.15, 0.2) is 6.10 Å². The summed E-state index contributed by atoms with van der Waals surface area (Å²) >= 11 is 0. The number of ether oxygens (including phenoxy) is 1. The van der Waals surface area contributed by atoms with Gasteiger partial charge in [-0.05, 0) is 66.9 Å². The number of hydrogen-bond donors (Lipinski definition) is 1. The molecule has 0 bridgehead atoms. The first-order valence-corrected chi connectivity index (χ1v) is 8.80. The van der Waals surface area contributed by atoms with Crippen molar-refractivity contribution in [3.8, 4) is 22.9 Å². The molecule has 0 aromatic heterocycles. The van der Waals surface area contributed by atoms with E-state index in [1.54, 1.807) is 44.2 Å². The molecule has 140 valence electrons. The number of rotatable bonds is 5. The van der Waals surface area contributed by atoms with Crippen LogP contribution in [0.1, 0.15) is 18.1 Å². The van der Waals surface area contributed by atoms with Crippen LogP contribution in [0, 0.1) is 24.1 Å². The lowest BCUT2D eigenvalue weighted by Crippen LogP contribution is -2.30. The fourth-order valence-corrected chi connectivity index (χ4v) is 2.68. The number of hydrogen-bond acceptors (Lipinski definition) is 3. The minimum atomic E-state index is -0.790. The smallest absolute Gasteiger partial charge is 0.265 e. The maximum atomic E-state index is 13.9. The average Bonchev–Trinajstić information content (AvgIpc) is 2.70. The molecule has 28 heavy (non-hydrogen) atoms. The molecule has 0 aliphatic rings. The van der Waals surface area contributed by atoms with Crippen LogP contribution in [0.2, 0.25) is 0 Å². The maximum Gasteiger partial charge on any atom is 0.265 e. The van der Waals surface area contributed by atoms with E-state index in [-0.39, 0.29) is 5.69 Å². The van der Waals surface area contributed by atoms with Crippen molar-refractivity contribution >= 4 is 11.6 Å². The molecule has 4 nitrogen and oxygen atoms in total. The van der Waals surface area contributed by atoms with E-state index in [2.05, 4.69) is 11.4 Å². The summed E-state index contributed by atoms with van der Waals surface area (Å²) < 4.78 is 19.5. The summed E-state index contributed by atoms with van der Waals surface area (Å²) in [6.45, 7) is 3.39. The third kappa shape index (κ3) is 4.54. The van der Waals surface area contributed by atoms with Gasteiger partial charge >= 0.3 is 0 Å². The summed E-state index contributed by atoms with van der Waals surface area (Å²) in [6, 6.07) is 21.3. The number of carbonyl (C=O) groups is 1. The molecule has 1 atom stereocenters. The zero-order valence-corrected chi connectivity index (χ0v) is 15.6. The highest BCUT2D eigenvalue weighted by atomic mass is 19.1. The first-order valence-electron chi connectivity index (χ1n) is 8.80. The molecule has 5 heteroatoms. The number of nitrogens with one attached hydrogen (secondary N) is 1. The molecule has 0 radical (unpaired) electrons. The van der Waals surface area contributed by atoms with Crippen LogP contribution < -0.4 is 10.1 Å². The minimum Gasteiger partial charge on any atom is -0.481 e. The molecular formula is C23H19FN2O2. The highest BCUT2D eigenvalue weighted by Crippen LogP contribution is 2.23. The van der Waals surface area contributed by atoms with Crippen molar-refractivity contribution in [3.05, 3.63) is 83.7 Å². The standard InChI is InChI=1S/C23H19FN2O2/c1-15-3-12-22(21(24)13-15)26-23(27)16(2)28-20-10-8-19(9-11-20)18-6-4-17(14-25)5-7-18/h3-13,16H,1-2H3,(H,26,27). The Balaban J connectivity index is 1.64. The predicted octanol–water partition coefficient (Wildman–Crippen LogP) is 5.08. The van der Waals surface area contributed by atoms with Crippen LogP contribution >= 0.6 is 0 Å². The summed E-state index contributed by atoms with van der Waals surface area (Å²) in [5.74, 6) is -0.379. The van der Waals surface area contributed by atoms with Gasteiger partial charge in [0.25, 0.3) is 5.91 Å². The second-order valence-electron chi connectivity index (χ2n) is 6.45. The number of nitrogens with zero attached hydrogens (tertiary/aromatic N) is 1. The summed E-state index contributed by atoms with van der Waals surface area (Å²) in [6.07, 6.45) is -0.790. The lowest BCUT2D eigenvalue weighted by Gasteiger charge is -2.15. The minimum absolute atomic E-state index is 0.127. The number of aryl methyl sites for hydroxylation is 1. The monoisotopic (exact) mass is 374 g/mol. The number of anilines is 1. The fourth-order valence-electron chi connectivity index (χ4n) is 2.68. The molecule has 1 unspecified atom stereocenters. The highest BCUT2D eigenvalue weighted by molar-refractivity contribution is 5.94. The van der Waals surface area contributed by atoms with Crippen LogP contribution in [0.4, 0.5) is 10.1 Å². The predicted molar refractivity (Wildman–Crippen MR) is 106 cm³/mol. The number of halogens is 1. The van der Waals surface area contributed by atoms with E-state index in [4.69, 9.17) is 10.00 Å². The molecule has 3 aromatic rings. The molecule has 3 rings (SSSR count). The topological polar surface area (TPSA) is 62.1 Å². The average molecular weight is 374 g/mol. The van der Waals surface area contributed by atoms with Crippen LogP contribution in [0.5, 0.6) is 5.75 Å². The van der Waals surface area contributed by atoms with Gasteiger partial charge < -0.3 is 10.1 Å². The zero-order valence-electron chi connectivity index (χ0n) is 15.6. The lowest BCUT2D eigenvalue weighted by molar-refractivity contribution is -0.122. The zero-order chi connectivity index (χ0) is 20.1. The van der Waals surface area contributed by atoms with Crippen molar-refractivity contribution < 1.29 is 13.9 Å². The van der Waals surface area contributed by atoms with Gasteiger partial charge in [0.1, 0.15) is 11.6 Å². The van der Waals surface area contributed by atoms with E-state index < -0.39 is 17.8 Å². The van der Waals surface area contributed by atoms with Crippen LogP contribution in [-0.4, -0.2) is 12.0 Å². The van der Waals surface area contributed by atoms with Crippen LogP contribution in [-0.2, 0) is 4.79 Å². The number of benzene rings is 3. The summed E-state index contributed by atoms with van der Waals surface area (Å²) in [7, 11) is 0. The first kappa shape index (κ1) is 19.1. The van der Waals surface area contributed by atoms with Gasteiger partial charge in [-0.15, -0.1) is 0 Å². The van der Waals surface area contributed by atoms with Crippen molar-refractivity contribution in [2.24, 2.45) is 0 Å². The SMILES string of the molecule is Cc1ccc(NC(=O)C(C)Oc2ccc(-c3ccc(C#N)cc3)cc2)c(F)c1. The molecule has 1 amide bonds. The van der Waals surface area contributed by atoms with Gasteiger partial charge in [-0.3, -0.25) is 4.79 Å². The van der Waals surface area contributed by atoms with E-state index in [9.17, 15) is 9.18 Å². The second kappa shape index (κ2) is 8.36. The molecule has 1 N–H and O–H groups in total. The summed E-state index contributed by atoms with van der Waals surface area (Å²) in [4.78, 5) is 12.3. The molecule has 0 heterocycles. The summed E-state index contributed by atoms with van der Waals surface area (Å²) in [5, 5.41) is 11.4. The Hall–Kier alpha value is -3.65. The van der Waals surface area contributed by atoms with Gasteiger partial charge in [-0.2, -0.15) is 5.26 Å². The van der Waals surface area contributed by atoms with Crippen LogP contribution in [0.3, 0.4) is 0 Å².